The van der Waals surface area contributed by atoms with Crippen molar-refractivity contribution in [2.75, 3.05) is 6.54 Å². The molecule has 1 atom stereocenters. The van der Waals surface area contributed by atoms with Crippen molar-refractivity contribution < 1.29 is 19.4 Å². The zero-order chi connectivity index (χ0) is 20.5. The first-order chi connectivity index (χ1) is 13.4. The molecule has 0 bridgehead atoms. The van der Waals surface area contributed by atoms with E-state index in [0.717, 1.165) is 24.8 Å². The van der Waals surface area contributed by atoms with Crippen molar-refractivity contribution in [1.82, 2.24) is 0 Å². The van der Waals surface area contributed by atoms with Crippen molar-refractivity contribution in [1.29, 1.82) is 0 Å². The van der Waals surface area contributed by atoms with E-state index in [4.69, 9.17) is 32.9 Å². The molecule has 7 heteroatoms. The molecule has 0 fully saturated rings. The molecule has 0 spiro atoms. The molecule has 2 aromatic rings. The Morgan fingerprint density at radius 2 is 1.82 bits per heavy atom. The summed E-state index contributed by atoms with van der Waals surface area (Å²) in [6.45, 7) is 0.839. The van der Waals surface area contributed by atoms with Crippen molar-refractivity contribution in [2.24, 2.45) is 11.5 Å². The maximum atomic E-state index is 10.7. The van der Waals surface area contributed by atoms with Gasteiger partial charge < -0.3 is 21.3 Å². The Kier molecular flexibility index (Phi) is 8.44. The molecule has 28 heavy (non-hydrogen) atoms. The Morgan fingerprint density at radius 3 is 2.50 bits per heavy atom. The number of fused-ring (bicyclic) bond motifs is 3. The number of rotatable bonds is 7. The number of ether oxygens (including phenoxy) is 1. The number of carboxylic acids is 1. The van der Waals surface area contributed by atoms with Crippen LogP contribution in [0.5, 0.6) is 0 Å². The third kappa shape index (κ3) is 6.05. The molecule has 1 aliphatic rings. The van der Waals surface area contributed by atoms with E-state index < -0.39 is 17.4 Å². The van der Waals surface area contributed by atoms with E-state index in [-0.39, 0.29) is 6.61 Å². The summed E-state index contributed by atoms with van der Waals surface area (Å²) in [4.78, 5) is 20.8. The van der Waals surface area contributed by atoms with Crippen LogP contribution in [0.4, 0.5) is 4.79 Å². The Bertz CT molecular complexity index is 826. The molecular formula is C21H25ClN2O4. The minimum absolute atomic E-state index is 0.236. The predicted octanol–water partition coefficient (Wildman–Crippen LogP) is 3.66. The Labute approximate surface area is 169 Å². The average Bonchev–Trinajstić information content (AvgIpc) is 3.06. The zero-order valence-corrected chi connectivity index (χ0v) is 16.3. The van der Waals surface area contributed by atoms with E-state index in [0.29, 0.717) is 13.0 Å². The molecule has 5 N–H and O–H groups in total. The van der Waals surface area contributed by atoms with Crippen molar-refractivity contribution >= 4 is 23.0 Å². The van der Waals surface area contributed by atoms with Gasteiger partial charge in [0, 0.05) is 11.6 Å². The number of halogens is 1. The summed E-state index contributed by atoms with van der Waals surface area (Å²) in [5.41, 5.74) is 15.7. The van der Waals surface area contributed by atoms with Gasteiger partial charge in [-0.2, -0.15) is 0 Å². The first-order valence-corrected chi connectivity index (χ1v) is 9.51. The van der Waals surface area contributed by atoms with Crippen LogP contribution in [0.1, 0.15) is 36.0 Å². The van der Waals surface area contributed by atoms with Crippen LogP contribution in [0.2, 0.25) is 0 Å². The summed E-state index contributed by atoms with van der Waals surface area (Å²) < 4.78 is 4.88. The second-order valence-electron chi connectivity index (χ2n) is 6.53. The van der Waals surface area contributed by atoms with Gasteiger partial charge in [-0.25, -0.2) is 4.79 Å². The second-order valence-corrected chi connectivity index (χ2v) is 6.84. The first kappa shape index (κ1) is 21.9. The molecule has 1 aliphatic carbocycles. The Balaban J connectivity index is 0.000000242. The SMILES string of the molecule is NCCCCC(N)C(=O)O.O=C(Cl)OCc1cccc2c1Cc1ccccc1-2. The number of nitrogens with two attached hydrogens (primary N) is 2. The van der Waals surface area contributed by atoms with Crippen LogP contribution in [0, 0.1) is 0 Å². The van der Waals surface area contributed by atoms with Crippen molar-refractivity contribution in [3.05, 3.63) is 59.2 Å². The maximum Gasteiger partial charge on any atom is 0.404 e. The van der Waals surface area contributed by atoms with Crippen LogP contribution in [0.3, 0.4) is 0 Å². The van der Waals surface area contributed by atoms with E-state index in [1.54, 1.807) is 0 Å². The lowest BCUT2D eigenvalue weighted by Crippen LogP contribution is -2.29. The Morgan fingerprint density at radius 1 is 1.11 bits per heavy atom. The molecule has 150 valence electrons. The van der Waals surface area contributed by atoms with E-state index in [1.807, 2.05) is 24.3 Å². The summed E-state index contributed by atoms with van der Waals surface area (Å²) >= 11 is 5.21. The molecular weight excluding hydrogens is 380 g/mol. The summed E-state index contributed by atoms with van der Waals surface area (Å²) in [5.74, 6) is -0.933. The molecule has 0 aliphatic heterocycles. The maximum absolute atomic E-state index is 10.7. The molecule has 0 saturated heterocycles. The number of carboxylic acid groups (broad SMARTS) is 1. The van der Waals surface area contributed by atoms with Crippen molar-refractivity contribution in [2.45, 2.75) is 38.3 Å². The largest absolute Gasteiger partial charge is 0.480 e. The molecule has 0 saturated carbocycles. The highest BCUT2D eigenvalue weighted by molar-refractivity contribution is 6.61. The predicted molar refractivity (Wildman–Crippen MR) is 109 cm³/mol. The fourth-order valence-electron chi connectivity index (χ4n) is 3.13. The summed E-state index contributed by atoms with van der Waals surface area (Å²) in [6, 6.07) is 13.7. The molecule has 3 rings (SSSR count). The van der Waals surface area contributed by atoms with Gasteiger partial charge in [0.1, 0.15) is 12.6 Å². The van der Waals surface area contributed by atoms with Gasteiger partial charge in [-0.3, -0.25) is 4.79 Å². The molecule has 2 aromatic carbocycles. The summed E-state index contributed by atoms with van der Waals surface area (Å²) in [6.07, 6.45) is 3.05. The number of aliphatic carboxylic acids is 1. The fourth-order valence-corrected chi connectivity index (χ4v) is 3.18. The molecule has 0 aromatic heterocycles. The van der Waals surface area contributed by atoms with Crippen molar-refractivity contribution in [3.8, 4) is 11.1 Å². The zero-order valence-electron chi connectivity index (χ0n) is 15.6. The average molecular weight is 405 g/mol. The van der Waals surface area contributed by atoms with E-state index in [2.05, 4.69) is 18.2 Å². The van der Waals surface area contributed by atoms with Gasteiger partial charge in [0.2, 0.25) is 0 Å². The third-order valence-electron chi connectivity index (χ3n) is 4.58. The lowest BCUT2D eigenvalue weighted by Gasteiger charge is -2.07. The topological polar surface area (TPSA) is 116 Å². The number of unbranched alkanes of at least 4 members (excludes halogenated alkanes) is 1. The van der Waals surface area contributed by atoms with E-state index in [1.165, 1.54) is 22.3 Å². The normalized spacial score (nSPS) is 12.2. The number of hydrogen-bond donors (Lipinski definition) is 3. The molecule has 0 heterocycles. The monoisotopic (exact) mass is 404 g/mol. The van der Waals surface area contributed by atoms with Crippen LogP contribution in [-0.2, 0) is 22.6 Å². The van der Waals surface area contributed by atoms with E-state index >= 15 is 0 Å². The smallest absolute Gasteiger partial charge is 0.404 e. The highest BCUT2D eigenvalue weighted by Gasteiger charge is 2.20. The summed E-state index contributed by atoms with van der Waals surface area (Å²) in [5, 5.41) is 8.33. The minimum atomic E-state index is -0.933. The lowest BCUT2D eigenvalue weighted by molar-refractivity contribution is -0.138. The number of carbonyl (C=O) groups is 2. The quantitative estimate of drug-likeness (QED) is 0.408. The van der Waals surface area contributed by atoms with Gasteiger partial charge in [-0.15, -0.1) is 0 Å². The van der Waals surface area contributed by atoms with Crippen LogP contribution in [-0.4, -0.2) is 29.1 Å². The molecule has 6 nitrogen and oxygen atoms in total. The van der Waals surface area contributed by atoms with Crippen LogP contribution >= 0.6 is 11.6 Å². The molecule has 0 radical (unpaired) electrons. The van der Waals surface area contributed by atoms with Crippen molar-refractivity contribution in [3.63, 3.8) is 0 Å². The van der Waals surface area contributed by atoms with Crippen LogP contribution in [0.25, 0.3) is 11.1 Å². The number of benzene rings is 2. The summed E-state index contributed by atoms with van der Waals surface area (Å²) in [7, 11) is 0. The van der Waals surface area contributed by atoms with Gasteiger partial charge in [0.05, 0.1) is 0 Å². The van der Waals surface area contributed by atoms with Gasteiger partial charge in [0.15, 0.2) is 0 Å². The standard InChI is InChI=1S/C15H11ClO2.C6H14N2O2/c16-15(17)18-9-11-5-3-7-13-12-6-2-1-4-10(12)8-14(11)13;7-4-2-1-3-5(8)6(9)10/h1-7H,8-9H2;5H,1-4,7-8H2,(H,9,10). The van der Waals surface area contributed by atoms with Gasteiger partial charge in [0.25, 0.3) is 0 Å². The van der Waals surface area contributed by atoms with Crippen LogP contribution in [0.15, 0.2) is 42.5 Å². The number of carbonyl (C=O) groups excluding carboxylic acids is 1. The minimum Gasteiger partial charge on any atom is -0.480 e. The highest BCUT2D eigenvalue weighted by Crippen LogP contribution is 2.38. The van der Waals surface area contributed by atoms with Gasteiger partial charge in [-0.1, -0.05) is 48.9 Å². The second kappa shape index (κ2) is 10.8. The molecule has 1 unspecified atom stereocenters. The van der Waals surface area contributed by atoms with Crippen LogP contribution < -0.4 is 11.5 Å². The molecule has 0 amide bonds. The van der Waals surface area contributed by atoms with Gasteiger partial charge >= 0.3 is 11.4 Å². The number of hydrogen-bond acceptors (Lipinski definition) is 5. The fraction of sp³-hybridized carbons (Fsp3) is 0.333. The van der Waals surface area contributed by atoms with Gasteiger partial charge in [-0.05, 0) is 53.6 Å². The first-order valence-electron chi connectivity index (χ1n) is 9.13. The lowest BCUT2D eigenvalue weighted by atomic mass is 10.0. The highest BCUT2D eigenvalue weighted by atomic mass is 35.5. The van der Waals surface area contributed by atoms with E-state index in [9.17, 15) is 9.59 Å². The Hall–Kier alpha value is -2.41. The third-order valence-corrected chi connectivity index (χ3v) is 4.68.